The molecule has 1 aliphatic carbocycles. The van der Waals surface area contributed by atoms with Gasteiger partial charge in [-0.25, -0.2) is 0 Å². The molecule has 7 heteroatoms. The second-order valence-corrected chi connectivity index (χ2v) is 12.6. The Bertz CT molecular complexity index is 1060. The van der Waals surface area contributed by atoms with Crippen molar-refractivity contribution >= 4 is 22.9 Å². The maximum absolute atomic E-state index is 6.68. The monoisotopic (exact) mass is 584 g/mol. The number of rotatable bonds is 9. The van der Waals surface area contributed by atoms with Crippen LogP contribution in [0.3, 0.4) is 0 Å². The van der Waals surface area contributed by atoms with E-state index in [9.17, 15) is 0 Å². The van der Waals surface area contributed by atoms with Crippen molar-refractivity contribution in [2.24, 2.45) is 5.92 Å². The average Bonchev–Trinajstić information content (AvgIpc) is 3.48. The Kier molecular flexibility index (Phi) is 13.9. The van der Waals surface area contributed by atoms with Crippen molar-refractivity contribution in [1.82, 2.24) is 10.2 Å². The molecule has 3 unspecified atom stereocenters. The summed E-state index contributed by atoms with van der Waals surface area (Å²) in [5.74, 6) is 0.660. The van der Waals surface area contributed by atoms with Crippen LogP contribution >= 0.6 is 22.9 Å². The molecule has 2 aromatic carbocycles. The molecule has 0 spiro atoms. The number of nitrogens with zero attached hydrogens (tertiary/aromatic N) is 2. The number of aromatic nitrogens is 2. The lowest BCUT2D eigenvalue weighted by Gasteiger charge is -2.39. The van der Waals surface area contributed by atoms with E-state index >= 15 is 0 Å². The first kappa shape index (κ1) is 31.1. The van der Waals surface area contributed by atoms with Gasteiger partial charge in [-0.3, -0.25) is 0 Å². The zero-order chi connectivity index (χ0) is 27.8. The van der Waals surface area contributed by atoms with E-state index in [0.29, 0.717) is 36.3 Å². The molecule has 2 heterocycles. The zero-order valence-corrected chi connectivity index (χ0v) is 25.5. The lowest BCUT2D eigenvalue weighted by atomic mass is 9.85. The number of hydrogen-bond acceptors (Lipinski definition) is 6. The lowest BCUT2D eigenvalue weighted by molar-refractivity contribution is -0.156. The van der Waals surface area contributed by atoms with Crippen LogP contribution in [0.1, 0.15) is 87.3 Å². The summed E-state index contributed by atoms with van der Waals surface area (Å²) < 4.78 is 19.7. The Hall–Kier alpha value is -1.83. The van der Waals surface area contributed by atoms with Gasteiger partial charge in [-0.2, -0.15) is 0 Å². The van der Waals surface area contributed by atoms with Gasteiger partial charge in [0.05, 0.1) is 38.1 Å². The first-order valence-electron chi connectivity index (χ1n) is 15.1. The van der Waals surface area contributed by atoms with Gasteiger partial charge in [-0.05, 0) is 47.9 Å². The van der Waals surface area contributed by atoms with Gasteiger partial charge in [0, 0.05) is 12.8 Å². The molecular weight excluding hydrogens is 540 g/mol. The summed E-state index contributed by atoms with van der Waals surface area (Å²) >= 11 is 6.92. The van der Waals surface area contributed by atoms with E-state index in [1.54, 1.807) is 0 Å². The third-order valence-corrected chi connectivity index (χ3v) is 8.97. The summed E-state index contributed by atoms with van der Waals surface area (Å²) in [5.41, 5.74) is 2.46. The van der Waals surface area contributed by atoms with Gasteiger partial charge < -0.3 is 14.2 Å². The highest BCUT2D eigenvalue weighted by molar-refractivity contribution is 7.15. The highest BCUT2D eigenvalue weighted by atomic mass is 35.5. The molecule has 3 aromatic rings. The molecule has 5 rings (SSSR count). The minimum absolute atomic E-state index is 0.117. The second-order valence-electron chi connectivity index (χ2n) is 10.9. The van der Waals surface area contributed by atoms with Crippen molar-refractivity contribution in [3.8, 4) is 0 Å². The molecule has 1 saturated heterocycles. The molecule has 40 heavy (non-hydrogen) atoms. The number of halogens is 1. The molecule has 1 aliphatic heterocycles. The molecule has 5 nitrogen and oxygen atoms in total. The second kappa shape index (κ2) is 17.9. The molecule has 0 N–H and O–H groups in total. The van der Waals surface area contributed by atoms with Crippen molar-refractivity contribution in [3.05, 3.63) is 81.3 Å². The Labute approximate surface area is 249 Å². The van der Waals surface area contributed by atoms with Crippen LogP contribution in [0, 0.1) is 5.92 Å². The molecular formula is C33H45ClN2O3S. The summed E-state index contributed by atoms with van der Waals surface area (Å²) in [5, 5.41) is 8.39. The van der Waals surface area contributed by atoms with E-state index in [1.807, 2.05) is 13.0 Å². The SMILES string of the molecule is CCc1nnc(Cl)s1.c1ccc(COCC2CC(OCc3ccccc3)CC(C3CCCCCCCC3)O2)cc1. The minimum atomic E-state index is 0.117. The molecule has 1 aromatic heterocycles. The summed E-state index contributed by atoms with van der Waals surface area (Å²) in [7, 11) is 0. The largest absolute Gasteiger partial charge is 0.374 e. The van der Waals surface area contributed by atoms with E-state index < -0.39 is 0 Å². The van der Waals surface area contributed by atoms with Gasteiger partial charge in [0.25, 0.3) is 0 Å². The van der Waals surface area contributed by atoms with Crippen molar-refractivity contribution in [1.29, 1.82) is 0 Å². The van der Waals surface area contributed by atoms with Gasteiger partial charge in [0.2, 0.25) is 4.47 Å². The van der Waals surface area contributed by atoms with Crippen molar-refractivity contribution in [2.45, 2.75) is 109 Å². The number of benzene rings is 2. The predicted octanol–water partition coefficient (Wildman–Crippen LogP) is 8.84. The zero-order valence-electron chi connectivity index (χ0n) is 23.9. The maximum atomic E-state index is 6.68. The van der Waals surface area contributed by atoms with E-state index in [0.717, 1.165) is 24.3 Å². The molecule has 1 saturated carbocycles. The van der Waals surface area contributed by atoms with Crippen molar-refractivity contribution in [2.75, 3.05) is 6.61 Å². The standard InChI is InChI=1S/C29H40O3.C4H5ClN2S/c1-2-4-12-18-26(17-11-3-1)29-20-27(31-22-25-15-9-6-10-16-25)19-28(32-29)23-30-21-24-13-7-5-8-14-24;1-2-3-6-7-4(5)8-3/h5-10,13-16,26-29H,1-4,11-12,17-23H2;2H2,1H3. The molecule has 2 fully saturated rings. The number of ether oxygens (including phenoxy) is 3. The smallest absolute Gasteiger partial charge is 0.207 e. The molecule has 0 bridgehead atoms. The summed E-state index contributed by atoms with van der Waals surface area (Å²) in [6, 6.07) is 20.9. The Morgan fingerprint density at radius 3 is 2.02 bits per heavy atom. The van der Waals surface area contributed by atoms with Crippen LogP contribution < -0.4 is 0 Å². The predicted molar refractivity (Wildman–Crippen MR) is 164 cm³/mol. The summed E-state index contributed by atoms with van der Waals surface area (Å²) in [4.78, 5) is 0. The van der Waals surface area contributed by atoms with Gasteiger partial charge in [0.1, 0.15) is 5.01 Å². The Morgan fingerprint density at radius 2 is 1.45 bits per heavy atom. The normalized spacial score (nSPS) is 22.4. The van der Waals surface area contributed by atoms with E-state index in [4.69, 9.17) is 25.8 Å². The van der Waals surface area contributed by atoms with Gasteiger partial charge in [-0.1, -0.05) is 117 Å². The molecule has 0 radical (unpaired) electrons. The highest BCUT2D eigenvalue weighted by Crippen LogP contribution is 2.34. The molecule has 0 amide bonds. The quantitative estimate of drug-likeness (QED) is 0.251. The maximum Gasteiger partial charge on any atom is 0.207 e. The fourth-order valence-electron chi connectivity index (χ4n) is 5.64. The van der Waals surface area contributed by atoms with E-state index in [2.05, 4.69) is 64.8 Å². The van der Waals surface area contributed by atoms with Crippen LogP contribution in [0.4, 0.5) is 0 Å². The summed E-state index contributed by atoms with van der Waals surface area (Å²) in [6.45, 7) is 3.99. The topological polar surface area (TPSA) is 53.5 Å². The van der Waals surface area contributed by atoms with Gasteiger partial charge in [0.15, 0.2) is 0 Å². The van der Waals surface area contributed by atoms with Crippen LogP contribution in [0.25, 0.3) is 0 Å². The van der Waals surface area contributed by atoms with Crippen molar-refractivity contribution in [3.63, 3.8) is 0 Å². The summed E-state index contributed by atoms with van der Waals surface area (Å²) in [6.07, 6.45) is 14.4. The molecule has 2 aliphatic rings. The van der Waals surface area contributed by atoms with Gasteiger partial charge >= 0.3 is 0 Å². The average molecular weight is 585 g/mol. The fraction of sp³-hybridized carbons (Fsp3) is 0.576. The van der Waals surface area contributed by atoms with Crippen LogP contribution in [0.5, 0.6) is 0 Å². The number of aryl methyl sites for hydroxylation is 1. The third kappa shape index (κ3) is 11.2. The van der Waals surface area contributed by atoms with E-state index in [-0.39, 0.29) is 12.2 Å². The fourth-order valence-corrected chi connectivity index (χ4v) is 6.44. The van der Waals surface area contributed by atoms with Crippen LogP contribution in [0.2, 0.25) is 4.47 Å². The molecule has 218 valence electrons. The van der Waals surface area contributed by atoms with Gasteiger partial charge in [-0.15, -0.1) is 10.2 Å². The van der Waals surface area contributed by atoms with E-state index in [1.165, 1.54) is 73.8 Å². The first-order chi connectivity index (χ1) is 19.7. The van der Waals surface area contributed by atoms with Crippen molar-refractivity contribution < 1.29 is 14.2 Å². The van der Waals surface area contributed by atoms with Crippen LogP contribution in [-0.2, 0) is 33.8 Å². The molecule has 3 atom stereocenters. The Morgan fingerprint density at radius 1 is 0.825 bits per heavy atom. The highest BCUT2D eigenvalue weighted by Gasteiger charge is 2.34. The minimum Gasteiger partial charge on any atom is -0.374 e. The number of hydrogen-bond donors (Lipinski definition) is 0. The first-order valence-corrected chi connectivity index (χ1v) is 16.3. The lowest BCUT2D eigenvalue weighted by Crippen LogP contribution is -2.42. The third-order valence-electron chi connectivity index (χ3n) is 7.80. The Balaban J connectivity index is 0.000000398. The van der Waals surface area contributed by atoms with Crippen LogP contribution in [0.15, 0.2) is 60.7 Å². The van der Waals surface area contributed by atoms with Crippen LogP contribution in [-0.4, -0.2) is 35.1 Å².